The van der Waals surface area contributed by atoms with Crippen LogP contribution in [-0.4, -0.2) is 25.3 Å². The van der Waals surface area contributed by atoms with Crippen molar-refractivity contribution in [1.29, 1.82) is 0 Å². The van der Waals surface area contributed by atoms with E-state index in [0.29, 0.717) is 49.7 Å². The molecule has 0 spiro atoms. The van der Waals surface area contributed by atoms with Gasteiger partial charge < -0.3 is 10.2 Å². The molecule has 0 radical (unpaired) electrons. The van der Waals surface area contributed by atoms with Gasteiger partial charge in [-0.1, -0.05) is 0 Å². The number of carbonyl (C=O) groups excluding carboxylic acids is 2. The van der Waals surface area contributed by atoms with Gasteiger partial charge in [0.2, 0.25) is 5.91 Å². The van der Waals surface area contributed by atoms with Gasteiger partial charge in [0.25, 0.3) is 0 Å². The molecule has 0 unspecified atom stereocenters. The lowest BCUT2D eigenvalue weighted by atomic mass is 9.95. The number of carbonyl (C=O) groups is 2. The number of rotatable bonds is 5. The normalized spacial score (nSPS) is 15.5. The van der Waals surface area contributed by atoms with E-state index >= 15 is 0 Å². The van der Waals surface area contributed by atoms with Crippen LogP contribution in [0.2, 0.25) is 0 Å². The van der Waals surface area contributed by atoms with Gasteiger partial charge in [-0.25, -0.2) is 0 Å². The van der Waals surface area contributed by atoms with Crippen molar-refractivity contribution in [2.24, 2.45) is 5.92 Å². The number of hydrogen-bond acceptors (Lipinski definition) is 3. The summed E-state index contributed by atoms with van der Waals surface area (Å²) in [5, 5.41) is 2.37. The number of aldehydes is 1. The molecule has 0 saturated carbocycles. The largest absolute Gasteiger partial charge is 0.416 e. The molecule has 0 aliphatic carbocycles. The molecule has 32 heavy (non-hydrogen) atoms. The average Bonchev–Trinajstić information content (AvgIpc) is 2.76. The molecule has 0 atom stereocenters. The van der Waals surface area contributed by atoms with Crippen LogP contribution in [0.25, 0.3) is 0 Å². The first-order valence-electron chi connectivity index (χ1n) is 9.84. The highest BCUT2D eigenvalue weighted by molar-refractivity contribution is 5.79. The summed E-state index contributed by atoms with van der Waals surface area (Å²) in [5.41, 5.74) is -1.62. The van der Waals surface area contributed by atoms with Gasteiger partial charge in [-0.3, -0.25) is 9.59 Å². The Labute approximate surface area is 180 Å². The lowest BCUT2D eigenvalue weighted by molar-refractivity contribution is -0.142. The van der Waals surface area contributed by atoms with Crippen LogP contribution >= 0.6 is 0 Å². The molecule has 2 aromatic rings. The highest BCUT2D eigenvalue weighted by Crippen LogP contribution is 2.36. The first kappa shape index (κ1) is 23.6. The average molecular weight is 458 g/mol. The molecule has 2 aromatic carbocycles. The molecule has 1 heterocycles. The van der Waals surface area contributed by atoms with E-state index in [-0.39, 0.29) is 0 Å². The summed E-state index contributed by atoms with van der Waals surface area (Å²) in [6.07, 6.45) is -8.02. The lowest BCUT2D eigenvalue weighted by Crippen LogP contribution is -2.40. The molecule has 3 rings (SSSR count). The van der Waals surface area contributed by atoms with Gasteiger partial charge in [0.05, 0.1) is 11.1 Å². The van der Waals surface area contributed by atoms with Crippen molar-refractivity contribution in [2.45, 2.75) is 31.7 Å². The molecule has 1 saturated heterocycles. The number of anilines is 1. The van der Waals surface area contributed by atoms with Gasteiger partial charge in [0.15, 0.2) is 0 Å². The summed E-state index contributed by atoms with van der Waals surface area (Å²) in [4.78, 5) is 25.2. The van der Waals surface area contributed by atoms with Crippen molar-refractivity contribution >= 4 is 17.9 Å². The maximum atomic E-state index is 13.2. The maximum Gasteiger partial charge on any atom is 0.416 e. The lowest BCUT2D eigenvalue weighted by Gasteiger charge is -2.33. The van der Waals surface area contributed by atoms with E-state index in [9.17, 15) is 35.9 Å². The number of hydrogen-bond donors (Lipinski definition) is 1. The van der Waals surface area contributed by atoms with Gasteiger partial charge >= 0.3 is 12.4 Å². The SMILES string of the molecule is O=Cc1ccc(N2CCC(C(=O)NCc3cc(C(F)(F)F)ccc3C(F)(F)F)CC2)cc1. The molecule has 0 aromatic heterocycles. The second kappa shape index (κ2) is 9.22. The van der Waals surface area contributed by atoms with Crippen LogP contribution in [0.3, 0.4) is 0 Å². The van der Waals surface area contributed by atoms with Crippen LogP contribution in [-0.2, 0) is 23.7 Å². The number of amides is 1. The minimum absolute atomic E-state index is 0.380. The van der Waals surface area contributed by atoms with Crippen molar-refractivity contribution in [3.8, 4) is 0 Å². The van der Waals surface area contributed by atoms with Crippen LogP contribution in [0.5, 0.6) is 0 Å². The van der Waals surface area contributed by atoms with E-state index in [1.807, 2.05) is 4.90 Å². The Morgan fingerprint density at radius 1 is 0.969 bits per heavy atom. The van der Waals surface area contributed by atoms with Crippen molar-refractivity contribution in [2.75, 3.05) is 18.0 Å². The number of benzene rings is 2. The van der Waals surface area contributed by atoms with Gasteiger partial charge in [0.1, 0.15) is 6.29 Å². The number of nitrogens with zero attached hydrogens (tertiary/aromatic N) is 1. The van der Waals surface area contributed by atoms with Crippen LogP contribution in [0, 0.1) is 5.92 Å². The highest BCUT2D eigenvalue weighted by atomic mass is 19.4. The molecule has 0 bridgehead atoms. The van der Waals surface area contributed by atoms with Crippen molar-refractivity contribution in [3.05, 3.63) is 64.7 Å². The van der Waals surface area contributed by atoms with Gasteiger partial charge in [-0.2, -0.15) is 26.3 Å². The summed E-state index contributed by atoms with van der Waals surface area (Å²) in [6, 6.07) is 8.12. The fourth-order valence-corrected chi connectivity index (χ4v) is 3.68. The van der Waals surface area contributed by atoms with Gasteiger partial charge in [0, 0.05) is 36.8 Å². The number of nitrogens with one attached hydrogen (secondary N) is 1. The second-order valence-electron chi connectivity index (χ2n) is 7.56. The summed E-state index contributed by atoms with van der Waals surface area (Å²) < 4.78 is 78.3. The summed E-state index contributed by atoms with van der Waals surface area (Å²) >= 11 is 0. The Bertz CT molecular complexity index is 962. The van der Waals surface area contributed by atoms with E-state index in [1.165, 1.54) is 0 Å². The molecule has 4 nitrogen and oxygen atoms in total. The van der Waals surface area contributed by atoms with Crippen LogP contribution < -0.4 is 10.2 Å². The Balaban J connectivity index is 1.63. The van der Waals surface area contributed by atoms with Gasteiger partial charge in [-0.05, 0) is 60.9 Å². The number of alkyl halides is 6. The zero-order valence-electron chi connectivity index (χ0n) is 16.8. The molecule has 1 fully saturated rings. The monoisotopic (exact) mass is 458 g/mol. The van der Waals surface area contributed by atoms with Crippen molar-refractivity contribution < 1.29 is 35.9 Å². The predicted molar refractivity (Wildman–Crippen MR) is 105 cm³/mol. The van der Waals surface area contributed by atoms with Gasteiger partial charge in [-0.15, -0.1) is 0 Å². The van der Waals surface area contributed by atoms with Crippen LogP contribution in [0.1, 0.15) is 39.9 Å². The highest BCUT2D eigenvalue weighted by Gasteiger charge is 2.37. The van der Waals surface area contributed by atoms with E-state index < -0.39 is 47.4 Å². The first-order valence-corrected chi connectivity index (χ1v) is 9.84. The second-order valence-corrected chi connectivity index (χ2v) is 7.56. The Morgan fingerprint density at radius 2 is 1.59 bits per heavy atom. The molecule has 1 aliphatic rings. The number of piperidine rings is 1. The molecule has 1 amide bonds. The molecule has 1 N–H and O–H groups in total. The van der Waals surface area contributed by atoms with E-state index in [0.717, 1.165) is 12.0 Å². The third-order valence-corrected chi connectivity index (χ3v) is 5.45. The van der Waals surface area contributed by atoms with E-state index in [1.54, 1.807) is 24.3 Å². The third kappa shape index (κ3) is 5.60. The minimum atomic E-state index is -4.84. The quantitative estimate of drug-likeness (QED) is 0.503. The fraction of sp³-hybridized carbons (Fsp3) is 0.364. The zero-order chi connectivity index (χ0) is 23.5. The molecular weight excluding hydrogens is 438 g/mol. The minimum Gasteiger partial charge on any atom is -0.371 e. The standard InChI is InChI=1S/C22H20F6N2O2/c23-21(24,25)17-3-6-19(22(26,27)28)16(11-17)12-29-20(32)15-7-9-30(10-8-15)18-4-1-14(13-31)2-5-18/h1-6,11,13,15H,7-10,12H2,(H,29,32). The molecule has 1 aliphatic heterocycles. The number of halogens is 6. The van der Waals surface area contributed by atoms with Crippen LogP contribution in [0.4, 0.5) is 32.0 Å². The first-order chi connectivity index (χ1) is 15.0. The zero-order valence-corrected chi connectivity index (χ0v) is 16.8. The van der Waals surface area contributed by atoms with Crippen LogP contribution in [0.15, 0.2) is 42.5 Å². The summed E-state index contributed by atoms with van der Waals surface area (Å²) in [5.74, 6) is -0.952. The molecule has 172 valence electrons. The fourth-order valence-electron chi connectivity index (χ4n) is 3.68. The predicted octanol–water partition coefficient (Wildman–Crippen LogP) is 5.07. The van der Waals surface area contributed by atoms with Crippen molar-refractivity contribution in [1.82, 2.24) is 5.32 Å². The summed E-state index contributed by atoms with van der Waals surface area (Å²) in [6.45, 7) is 0.400. The Kier molecular flexibility index (Phi) is 6.80. The Morgan fingerprint density at radius 3 is 2.12 bits per heavy atom. The van der Waals surface area contributed by atoms with Crippen molar-refractivity contribution in [3.63, 3.8) is 0 Å². The van der Waals surface area contributed by atoms with E-state index in [2.05, 4.69) is 5.32 Å². The third-order valence-electron chi connectivity index (χ3n) is 5.45. The molecule has 10 heteroatoms. The maximum absolute atomic E-state index is 13.2. The van der Waals surface area contributed by atoms with E-state index in [4.69, 9.17) is 0 Å². The molecular formula is C22H20F6N2O2. The summed E-state index contributed by atoms with van der Waals surface area (Å²) in [7, 11) is 0. The Hall–Kier alpha value is -3.04. The smallest absolute Gasteiger partial charge is 0.371 e. The topological polar surface area (TPSA) is 49.4 Å².